The Bertz CT molecular complexity index is 212. The zero-order chi connectivity index (χ0) is 7.78. The van der Waals surface area contributed by atoms with Gasteiger partial charge >= 0.3 is 0 Å². The summed E-state index contributed by atoms with van der Waals surface area (Å²) in [5.41, 5.74) is 3.80. The lowest BCUT2D eigenvalue weighted by atomic mass is 10.3. The van der Waals surface area contributed by atoms with E-state index in [1.807, 2.05) is 0 Å². The van der Waals surface area contributed by atoms with Crippen LogP contribution in [0.15, 0.2) is 0 Å². The molecule has 0 unspecified atom stereocenters. The zero-order valence-electron chi connectivity index (χ0n) is 6.08. The third-order valence-electron chi connectivity index (χ3n) is 1.72. The first-order chi connectivity index (χ1) is 4.50. The molecule has 1 heterocycles. The SMILES string of the molecule is CS(=O)(=O)N1CC[C@H]([NH3+])C1. The molecule has 1 aliphatic rings. The van der Waals surface area contributed by atoms with Crippen molar-refractivity contribution in [2.45, 2.75) is 12.5 Å². The highest BCUT2D eigenvalue weighted by Crippen LogP contribution is 2.08. The number of sulfonamides is 1. The molecule has 10 heavy (non-hydrogen) atoms. The normalized spacial score (nSPS) is 29.2. The number of nitrogens with zero attached hydrogens (tertiary/aromatic N) is 1. The van der Waals surface area contributed by atoms with Crippen molar-refractivity contribution in [3.8, 4) is 0 Å². The monoisotopic (exact) mass is 165 g/mol. The Kier molecular flexibility index (Phi) is 1.98. The van der Waals surface area contributed by atoms with E-state index in [2.05, 4.69) is 5.73 Å². The van der Waals surface area contributed by atoms with Gasteiger partial charge in [0.25, 0.3) is 0 Å². The summed E-state index contributed by atoms with van der Waals surface area (Å²) in [6.07, 6.45) is 2.14. The molecule has 1 rings (SSSR count). The summed E-state index contributed by atoms with van der Waals surface area (Å²) < 4.78 is 23.2. The molecule has 0 aliphatic carbocycles. The molecular weight excluding hydrogens is 152 g/mol. The van der Waals surface area contributed by atoms with Crippen LogP contribution in [0, 0.1) is 0 Å². The van der Waals surface area contributed by atoms with E-state index in [1.54, 1.807) is 0 Å². The molecule has 4 nitrogen and oxygen atoms in total. The van der Waals surface area contributed by atoms with Crippen molar-refractivity contribution in [3.05, 3.63) is 0 Å². The summed E-state index contributed by atoms with van der Waals surface area (Å²) in [5.74, 6) is 0. The van der Waals surface area contributed by atoms with Crippen molar-refractivity contribution in [2.75, 3.05) is 19.3 Å². The molecule has 0 radical (unpaired) electrons. The lowest BCUT2D eigenvalue weighted by Gasteiger charge is -2.09. The highest BCUT2D eigenvalue weighted by Gasteiger charge is 2.27. The van der Waals surface area contributed by atoms with Gasteiger partial charge in [-0.15, -0.1) is 0 Å². The second-order valence-electron chi connectivity index (χ2n) is 2.78. The lowest BCUT2D eigenvalue weighted by Crippen LogP contribution is -2.62. The quantitative estimate of drug-likeness (QED) is 0.501. The summed E-state index contributed by atoms with van der Waals surface area (Å²) in [7, 11) is -2.94. The highest BCUT2D eigenvalue weighted by molar-refractivity contribution is 7.88. The number of rotatable bonds is 1. The predicted molar refractivity (Wildman–Crippen MR) is 37.7 cm³/mol. The molecule has 1 aliphatic heterocycles. The van der Waals surface area contributed by atoms with E-state index >= 15 is 0 Å². The van der Waals surface area contributed by atoms with Gasteiger partial charge in [0.05, 0.1) is 18.8 Å². The number of hydrogen-bond acceptors (Lipinski definition) is 2. The van der Waals surface area contributed by atoms with Crippen molar-refractivity contribution >= 4 is 10.0 Å². The van der Waals surface area contributed by atoms with Crippen molar-refractivity contribution < 1.29 is 14.2 Å². The molecule has 0 aromatic heterocycles. The molecule has 0 amide bonds. The maximum Gasteiger partial charge on any atom is 0.211 e. The molecular formula is C5H13N2O2S+. The van der Waals surface area contributed by atoms with Gasteiger partial charge in [0.15, 0.2) is 0 Å². The first kappa shape index (κ1) is 7.97. The van der Waals surface area contributed by atoms with Crippen LogP contribution in [0.1, 0.15) is 6.42 Å². The van der Waals surface area contributed by atoms with Gasteiger partial charge < -0.3 is 5.73 Å². The third-order valence-corrected chi connectivity index (χ3v) is 2.99. The minimum atomic E-state index is -2.94. The van der Waals surface area contributed by atoms with Crippen LogP contribution in [-0.4, -0.2) is 38.1 Å². The molecule has 0 spiro atoms. The minimum absolute atomic E-state index is 0.287. The molecule has 1 atom stereocenters. The van der Waals surface area contributed by atoms with Gasteiger partial charge in [0.1, 0.15) is 0 Å². The summed E-state index contributed by atoms with van der Waals surface area (Å²) in [6.45, 7) is 1.24. The summed E-state index contributed by atoms with van der Waals surface area (Å²) >= 11 is 0. The van der Waals surface area contributed by atoms with Crippen molar-refractivity contribution in [1.29, 1.82) is 0 Å². The number of quaternary nitrogens is 1. The zero-order valence-corrected chi connectivity index (χ0v) is 6.89. The Hall–Kier alpha value is -0.130. The fraction of sp³-hybridized carbons (Fsp3) is 1.00. The van der Waals surface area contributed by atoms with E-state index in [4.69, 9.17) is 0 Å². The molecule has 1 fully saturated rings. The van der Waals surface area contributed by atoms with E-state index in [0.717, 1.165) is 6.42 Å². The van der Waals surface area contributed by atoms with Gasteiger partial charge in [0.2, 0.25) is 10.0 Å². The van der Waals surface area contributed by atoms with E-state index in [1.165, 1.54) is 10.6 Å². The highest BCUT2D eigenvalue weighted by atomic mass is 32.2. The molecule has 0 saturated carbocycles. The standard InChI is InChI=1S/C5H12N2O2S/c1-10(8,9)7-3-2-5(6)4-7/h5H,2-4,6H2,1H3/p+1/t5-/m0/s1. The maximum absolute atomic E-state index is 10.9. The van der Waals surface area contributed by atoms with E-state index in [0.29, 0.717) is 13.1 Å². The van der Waals surface area contributed by atoms with Crippen molar-refractivity contribution in [2.24, 2.45) is 0 Å². The Labute approximate surface area is 61.1 Å². The molecule has 3 N–H and O–H groups in total. The van der Waals surface area contributed by atoms with Crippen LogP contribution in [0.5, 0.6) is 0 Å². The summed E-state index contributed by atoms with van der Waals surface area (Å²) in [4.78, 5) is 0. The topological polar surface area (TPSA) is 65.0 Å². The van der Waals surface area contributed by atoms with Crippen molar-refractivity contribution in [3.63, 3.8) is 0 Å². The Morgan fingerprint density at radius 2 is 2.20 bits per heavy atom. The molecule has 0 aromatic rings. The second kappa shape index (κ2) is 2.48. The Morgan fingerprint density at radius 1 is 1.60 bits per heavy atom. The minimum Gasteiger partial charge on any atom is -0.354 e. The average Bonchev–Trinajstić information content (AvgIpc) is 2.11. The Balaban J connectivity index is 2.62. The van der Waals surface area contributed by atoms with Crippen molar-refractivity contribution in [1.82, 2.24) is 4.31 Å². The van der Waals surface area contributed by atoms with E-state index in [9.17, 15) is 8.42 Å². The molecule has 0 bridgehead atoms. The van der Waals surface area contributed by atoms with Crippen LogP contribution in [0.3, 0.4) is 0 Å². The van der Waals surface area contributed by atoms with Gasteiger partial charge in [-0.2, -0.15) is 4.31 Å². The van der Waals surface area contributed by atoms with Gasteiger partial charge in [-0.25, -0.2) is 8.42 Å². The fourth-order valence-corrected chi connectivity index (χ4v) is 2.02. The van der Waals surface area contributed by atoms with Gasteiger partial charge in [0, 0.05) is 13.0 Å². The van der Waals surface area contributed by atoms with Crippen LogP contribution in [-0.2, 0) is 10.0 Å². The molecule has 1 saturated heterocycles. The van der Waals surface area contributed by atoms with Crippen LogP contribution in [0.25, 0.3) is 0 Å². The third kappa shape index (κ3) is 1.68. The smallest absolute Gasteiger partial charge is 0.211 e. The molecule has 60 valence electrons. The summed E-state index contributed by atoms with van der Waals surface area (Å²) in [6, 6.07) is 0.287. The summed E-state index contributed by atoms with van der Waals surface area (Å²) in [5, 5.41) is 0. The largest absolute Gasteiger partial charge is 0.354 e. The average molecular weight is 165 g/mol. The van der Waals surface area contributed by atoms with E-state index < -0.39 is 10.0 Å². The van der Waals surface area contributed by atoms with Crippen LogP contribution in [0.4, 0.5) is 0 Å². The van der Waals surface area contributed by atoms with E-state index in [-0.39, 0.29) is 6.04 Å². The predicted octanol–water partition coefficient (Wildman–Crippen LogP) is -1.74. The number of hydrogen-bond donors (Lipinski definition) is 1. The van der Waals surface area contributed by atoms with Crippen LogP contribution >= 0.6 is 0 Å². The van der Waals surface area contributed by atoms with Gasteiger partial charge in [-0.1, -0.05) is 0 Å². The fourth-order valence-electron chi connectivity index (χ4n) is 1.10. The van der Waals surface area contributed by atoms with Gasteiger partial charge in [-0.05, 0) is 0 Å². The first-order valence-corrected chi connectivity index (χ1v) is 5.13. The van der Waals surface area contributed by atoms with Gasteiger partial charge in [-0.3, -0.25) is 0 Å². The van der Waals surface area contributed by atoms with Crippen LogP contribution < -0.4 is 5.73 Å². The lowest BCUT2D eigenvalue weighted by molar-refractivity contribution is -0.413. The molecule has 5 heteroatoms. The molecule has 0 aromatic carbocycles. The maximum atomic E-state index is 10.9. The first-order valence-electron chi connectivity index (χ1n) is 3.28. The Morgan fingerprint density at radius 3 is 2.40 bits per heavy atom. The van der Waals surface area contributed by atoms with Crippen LogP contribution in [0.2, 0.25) is 0 Å². The second-order valence-corrected chi connectivity index (χ2v) is 4.76.